The summed E-state index contributed by atoms with van der Waals surface area (Å²) in [5.74, 6) is -0.539. The number of aryl methyl sites for hydroxylation is 4. The van der Waals surface area contributed by atoms with Gasteiger partial charge in [0.15, 0.2) is 4.21 Å². The molecule has 1 aromatic heterocycles. The van der Waals surface area contributed by atoms with Crippen molar-refractivity contribution in [3.8, 4) is 0 Å². The predicted octanol–water partition coefficient (Wildman–Crippen LogP) is 2.42. The number of nitrogens with zero attached hydrogens (tertiary/aromatic N) is 1. The standard InChI is InChI=1S/C15H18N2O3S2/c1-9-6-5-7-10(2)13(9)8-14(18)17-22(19,20)15-11(3)16-12(4)21-15/h5-7H,8H2,1-4H3,(H,17,18). The molecule has 22 heavy (non-hydrogen) atoms. The molecule has 118 valence electrons. The maximum absolute atomic E-state index is 12.3. The number of carbonyl (C=O) groups excluding carboxylic acids is 1. The Balaban J connectivity index is 2.20. The van der Waals surface area contributed by atoms with E-state index in [1.807, 2.05) is 32.0 Å². The van der Waals surface area contributed by atoms with Crippen LogP contribution < -0.4 is 4.72 Å². The summed E-state index contributed by atoms with van der Waals surface area (Å²) < 4.78 is 26.8. The zero-order chi connectivity index (χ0) is 16.5. The van der Waals surface area contributed by atoms with E-state index < -0.39 is 15.9 Å². The second-order valence-corrected chi connectivity index (χ2v) is 8.26. The van der Waals surface area contributed by atoms with Gasteiger partial charge in [0.2, 0.25) is 5.91 Å². The van der Waals surface area contributed by atoms with Gasteiger partial charge in [0.05, 0.1) is 17.1 Å². The first-order valence-electron chi connectivity index (χ1n) is 6.75. The molecule has 0 saturated heterocycles. The number of aromatic nitrogens is 1. The lowest BCUT2D eigenvalue weighted by atomic mass is 10.0. The molecule has 1 amide bonds. The predicted molar refractivity (Wildman–Crippen MR) is 86.5 cm³/mol. The minimum atomic E-state index is -3.86. The fraction of sp³-hybridized carbons (Fsp3) is 0.333. The van der Waals surface area contributed by atoms with Crippen molar-refractivity contribution in [1.82, 2.24) is 9.71 Å². The number of rotatable bonds is 4. The number of hydrogen-bond donors (Lipinski definition) is 1. The second-order valence-electron chi connectivity index (χ2n) is 5.18. The highest BCUT2D eigenvalue weighted by Gasteiger charge is 2.23. The third-order valence-corrected chi connectivity index (χ3v) is 6.39. The van der Waals surface area contributed by atoms with Gasteiger partial charge in [-0.25, -0.2) is 18.1 Å². The second kappa shape index (κ2) is 6.18. The smallest absolute Gasteiger partial charge is 0.274 e. The highest BCUT2D eigenvalue weighted by atomic mass is 32.2. The van der Waals surface area contributed by atoms with Crippen LogP contribution in [0.1, 0.15) is 27.4 Å². The topological polar surface area (TPSA) is 76.1 Å². The Bertz CT molecular complexity index is 803. The van der Waals surface area contributed by atoms with E-state index in [2.05, 4.69) is 9.71 Å². The molecule has 0 aliphatic heterocycles. The lowest BCUT2D eigenvalue weighted by molar-refractivity contribution is -0.118. The first kappa shape index (κ1) is 16.6. The van der Waals surface area contributed by atoms with E-state index in [0.29, 0.717) is 10.7 Å². The fourth-order valence-corrected chi connectivity index (χ4v) is 4.75. The van der Waals surface area contributed by atoms with Crippen LogP contribution in [0.25, 0.3) is 0 Å². The van der Waals surface area contributed by atoms with E-state index in [9.17, 15) is 13.2 Å². The number of carbonyl (C=O) groups is 1. The monoisotopic (exact) mass is 338 g/mol. The van der Waals surface area contributed by atoms with Gasteiger partial charge in [-0.2, -0.15) is 0 Å². The van der Waals surface area contributed by atoms with E-state index in [4.69, 9.17) is 0 Å². The SMILES string of the molecule is Cc1nc(C)c(S(=O)(=O)NC(=O)Cc2c(C)cccc2C)s1. The average molecular weight is 338 g/mol. The van der Waals surface area contributed by atoms with E-state index in [0.717, 1.165) is 28.0 Å². The summed E-state index contributed by atoms with van der Waals surface area (Å²) in [5, 5.41) is 0.653. The number of nitrogens with one attached hydrogen (secondary N) is 1. The van der Waals surface area contributed by atoms with Gasteiger partial charge in [-0.1, -0.05) is 18.2 Å². The molecule has 2 rings (SSSR count). The molecule has 0 saturated carbocycles. The molecule has 0 unspecified atom stereocenters. The van der Waals surface area contributed by atoms with E-state index >= 15 is 0 Å². The molecule has 0 aliphatic carbocycles. The molecule has 0 atom stereocenters. The summed E-state index contributed by atoms with van der Waals surface area (Å²) in [4.78, 5) is 16.2. The number of benzene rings is 1. The van der Waals surface area contributed by atoms with E-state index in [-0.39, 0.29) is 10.6 Å². The third-order valence-electron chi connectivity index (χ3n) is 3.34. The number of sulfonamides is 1. The van der Waals surface area contributed by atoms with Crippen molar-refractivity contribution in [1.29, 1.82) is 0 Å². The summed E-state index contributed by atoms with van der Waals surface area (Å²) in [7, 11) is -3.86. The molecular weight excluding hydrogens is 320 g/mol. The minimum Gasteiger partial charge on any atom is -0.274 e. The first-order valence-corrected chi connectivity index (χ1v) is 9.05. The van der Waals surface area contributed by atoms with Gasteiger partial charge >= 0.3 is 0 Å². The average Bonchev–Trinajstić information content (AvgIpc) is 2.73. The van der Waals surface area contributed by atoms with Gasteiger partial charge < -0.3 is 0 Å². The molecular formula is C15H18N2O3S2. The van der Waals surface area contributed by atoms with Crippen LogP contribution in [-0.4, -0.2) is 19.3 Å². The highest BCUT2D eigenvalue weighted by molar-refractivity contribution is 7.92. The molecule has 7 heteroatoms. The molecule has 2 aromatic rings. The van der Waals surface area contributed by atoms with Gasteiger partial charge in [-0.15, -0.1) is 11.3 Å². The summed E-state index contributed by atoms with van der Waals surface area (Å²) in [6, 6.07) is 5.72. The highest BCUT2D eigenvalue weighted by Crippen LogP contribution is 2.22. The van der Waals surface area contributed by atoms with Crippen molar-refractivity contribution in [3.05, 3.63) is 45.6 Å². The number of thiazole rings is 1. The van der Waals surface area contributed by atoms with Gasteiger partial charge in [-0.3, -0.25) is 4.79 Å². The molecule has 0 spiro atoms. The summed E-state index contributed by atoms with van der Waals surface area (Å²) in [5.41, 5.74) is 3.21. The Kier molecular flexibility index (Phi) is 4.67. The Hall–Kier alpha value is -1.73. The van der Waals surface area contributed by atoms with Gasteiger partial charge in [0.25, 0.3) is 10.0 Å². The zero-order valence-electron chi connectivity index (χ0n) is 12.9. The molecule has 0 bridgehead atoms. The maximum Gasteiger partial charge on any atom is 0.275 e. The lowest BCUT2D eigenvalue weighted by Crippen LogP contribution is -2.32. The summed E-state index contributed by atoms with van der Waals surface area (Å²) in [6.45, 7) is 7.16. The van der Waals surface area contributed by atoms with Crippen LogP contribution in [-0.2, 0) is 21.2 Å². The molecule has 0 fully saturated rings. The molecule has 5 nitrogen and oxygen atoms in total. The largest absolute Gasteiger partial charge is 0.275 e. The van der Waals surface area contributed by atoms with E-state index in [1.165, 1.54) is 0 Å². The minimum absolute atomic E-state index is 0.0363. The van der Waals surface area contributed by atoms with Crippen molar-refractivity contribution in [2.75, 3.05) is 0 Å². The maximum atomic E-state index is 12.3. The first-order chi connectivity index (χ1) is 10.2. The lowest BCUT2D eigenvalue weighted by Gasteiger charge is -2.10. The zero-order valence-corrected chi connectivity index (χ0v) is 14.6. The van der Waals surface area contributed by atoms with Crippen LogP contribution in [0.4, 0.5) is 0 Å². The van der Waals surface area contributed by atoms with Crippen molar-refractivity contribution >= 4 is 27.3 Å². The third kappa shape index (κ3) is 3.53. The normalized spacial score (nSPS) is 11.5. The van der Waals surface area contributed by atoms with Crippen LogP contribution in [0.5, 0.6) is 0 Å². The van der Waals surface area contributed by atoms with Gasteiger partial charge in [0.1, 0.15) is 0 Å². The summed E-state index contributed by atoms with van der Waals surface area (Å²) >= 11 is 1.06. The molecule has 0 radical (unpaired) electrons. The van der Waals surface area contributed by atoms with Crippen LogP contribution in [0, 0.1) is 27.7 Å². The fourth-order valence-electron chi connectivity index (χ4n) is 2.28. The molecule has 1 heterocycles. The molecule has 1 N–H and O–H groups in total. The Morgan fingerprint density at radius 3 is 2.27 bits per heavy atom. The van der Waals surface area contributed by atoms with Crippen molar-refractivity contribution < 1.29 is 13.2 Å². The van der Waals surface area contributed by atoms with Crippen LogP contribution in [0.15, 0.2) is 22.4 Å². The van der Waals surface area contributed by atoms with Crippen LogP contribution >= 0.6 is 11.3 Å². The van der Waals surface area contributed by atoms with Crippen molar-refractivity contribution in [3.63, 3.8) is 0 Å². The van der Waals surface area contributed by atoms with Gasteiger partial charge in [-0.05, 0) is 44.4 Å². The van der Waals surface area contributed by atoms with Crippen LogP contribution in [0.3, 0.4) is 0 Å². The quantitative estimate of drug-likeness (QED) is 0.929. The Morgan fingerprint density at radius 2 is 1.77 bits per heavy atom. The summed E-state index contributed by atoms with van der Waals surface area (Å²) in [6.07, 6.45) is 0.0363. The van der Waals surface area contributed by atoms with Crippen molar-refractivity contribution in [2.45, 2.75) is 38.3 Å². The molecule has 1 aromatic carbocycles. The number of hydrogen-bond acceptors (Lipinski definition) is 5. The van der Waals surface area contributed by atoms with Gasteiger partial charge in [0, 0.05) is 0 Å². The van der Waals surface area contributed by atoms with Crippen LogP contribution in [0.2, 0.25) is 0 Å². The Morgan fingerprint density at radius 1 is 1.18 bits per heavy atom. The van der Waals surface area contributed by atoms with Crippen molar-refractivity contribution in [2.24, 2.45) is 0 Å². The Labute approximate surface area is 134 Å². The number of amides is 1. The van der Waals surface area contributed by atoms with E-state index in [1.54, 1.807) is 13.8 Å². The molecule has 0 aliphatic rings.